The van der Waals surface area contributed by atoms with Crippen LogP contribution in [0.1, 0.15) is 0 Å². The van der Waals surface area contributed by atoms with Gasteiger partial charge in [0.05, 0.1) is 12.7 Å². The molecule has 1 aliphatic rings. The number of hydrogen-bond acceptors (Lipinski definition) is 3. The molecule has 0 radical (unpaired) electrons. The summed E-state index contributed by atoms with van der Waals surface area (Å²) in [4.78, 5) is 0. The Kier molecular flexibility index (Phi) is 2.15. The molecule has 0 bridgehead atoms. The van der Waals surface area contributed by atoms with Crippen molar-refractivity contribution in [2.45, 2.75) is 12.6 Å². The van der Waals surface area contributed by atoms with Gasteiger partial charge in [-0.3, -0.25) is 0 Å². The topological polar surface area (TPSA) is 55.9 Å². The van der Waals surface area contributed by atoms with Crippen molar-refractivity contribution >= 4 is 5.82 Å². The summed E-state index contributed by atoms with van der Waals surface area (Å²) in [7, 11) is 0. The van der Waals surface area contributed by atoms with Gasteiger partial charge in [0.2, 0.25) is 0 Å². The molecule has 4 heteroatoms. The third-order valence-electron chi connectivity index (χ3n) is 2.86. The fourth-order valence-corrected chi connectivity index (χ4v) is 2.05. The van der Waals surface area contributed by atoms with E-state index < -0.39 is 0 Å². The van der Waals surface area contributed by atoms with Crippen LogP contribution in [0.3, 0.4) is 0 Å². The molecule has 2 aromatic rings. The lowest BCUT2D eigenvalue weighted by molar-refractivity contribution is 0.502. The minimum absolute atomic E-state index is 0.149. The quantitative estimate of drug-likeness (QED) is 0.752. The van der Waals surface area contributed by atoms with Gasteiger partial charge < -0.3 is 11.1 Å². The predicted octanol–water partition coefficient (Wildman–Crippen LogP) is 1.30. The third kappa shape index (κ3) is 1.47. The van der Waals surface area contributed by atoms with Crippen molar-refractivity contribution in [3.63, 3.8) is 0 Å². The van der Waals surface area contributed by atoms with Crippen LogP contribution in [-0.2, 0) is 6.54 Å². The second-order valence-corrected chi connectivity index (χ2v) is 4.10. The zero-order valence-electron chi connectivity index (χ0n) is 8.93. The van der Waals surface area contributed by atoms with Gasteiger partial charge in [0.1, 0.15) is 5.82 Å². The Bertz CT molecular complexity index is 489. The molecule has 0 amide bonds. The second kappa shape index (κ2) is 3.64. The highest BCUT2D eigenvalue weighted by Crippen LogP contribution is 2.29. The molecule has 1 atom stereocenters. The number of benzene rings is 1. The molecule has 0 saturated heterocycles. The summed E-state index contributed by atoms with van der Waals surface area (Å²) in [5, 5.41) is 7.69. The predicted molar refractivity (Wildman–Crippen MR) is 64.1 cm³/mol. The summed E-state index contributed by atoms with van der Waals surface area (Å²) in [6.45, 7) is 1.60. The number of nitrogens with two attached hydrogens (primary N) is 1. The van der Waals surface area contributed by atoms with Crippen molar-refractivity contribution in [2.24, 2.45) is 5.73 Å². The van der Waals surface area contributed by atoms with Crippen LogP contribution in [-0.4, -0.2) is 22.4 Å². The second-order valence-electron chi connectivity index (χ2n) is 4.10. The van der Waals surface area contributed by atoms with Gasteiger partial charge in [-0.05, 0) is 5.56 Å². The molecule has 0 fully saturated rings. The molecule has 3 rings (SSSR count). The van der Waals surface area contributed by atoms with E-state index in [0.717, 1.165) is 24.5 Å². The number of nitrogens with zero attached hydrogens (tertiary/aromatic N) is 2. The van der Waals surface area contributed by atoms with Crippen LogP contribution in [0.2, 0.25) is 0 Å². The molecule has 0 aliphatic carbocycles. The van der Waals surface area contributed by atoms with E-state index in [9.17, 15) is 0 Å². The maximum Gasteiger partial charge on any atom is 0.132 e. The molecule has 0 saturated carbocycles. The van der Waals surface area contributed by atoms with Crippen molar-refractivity contribution < 1.29 is 0 Å². The Morgan fingerprint density at radius 3 is 2.94 bits per heavy atom. The van der Waals surface area contributed by atoms with Gasteiger partial charge in [-0.15, -0.1) is 0 Å². The smallest absolute Gasteiger partial charge is 0.132 e. The van der Waals surface area contributed by atoms with E-state index in [1.807, 2.05) is 29.1 Å². The van der Waals surface area contributed by atoms with Gasteiger partial charge in [0.25, 0.3) is 0 Å². The van der Waals surface area contributed by atoms with E-state index >= 15 is 0 Å². The largest absolute Gasteiger partial charge is 0.368 e. The monoisotopic (exact) mass is 214 g/mol. The summed E-state index contributed by atoms with van der Waals surface area (Å²) in [5.41, 5.74) is 8.21. The molecular formula is C12H14N4. The number of rotatable bonds is 1. The highest BCUT2D eigenvalue weighted by molar-refractivity contribution is 5.75. The first-order chi connectivity index (χ1) is 7.84. The summed E-state index contributed by atoms with van der Waals surface area (Å²) in [6, 6.07) is 10.4. The number of fused-ring (bicyclic) bond motifs is 1. The SMILES string of the molecule is NC1CNc2c(-c3ccccc3)cnn2C1. The molecule has 2 heterocycles. The lowest BCUT2D eigenvalue weighted by Crippen LogP contribution is -2.38. The minimum Gasteiger partial charge on any atom is -0.368 e. The Morgan fingerprint density at radius 1 is 1.31 bits per heavy atom. The summed E-state index contributed by atoms with van der Waals surface area (Å²) in [6.07, 6.45) is 1.90. The minimum atomic E-state index is 0.149. The van der Waals surface area contributed by atoms with Crippen molar-refractivity contribution in [2.75, 3.05) is 11.9 Å². The fraction of sp³-hybridized carbons (Fsp3) is 0.250. The van der Waals surface area contributed by atoms with E-state index in [4.69, 9.17) is 5.73 Å². The van der Waals surface area contributed by atoms with Crippen molar-refractivity contribution in [3.8, 4) is 11.1 Å². The van der Waals surface area contributed by atoms with Gasteiger partial charge in [-0.1, -0.05) is 30.3 Å². The summed E-state index contributed by atoms with van der Waals surface area (Å²) >= 11 is 0. The van der Waals surface area contributed by atoms with Gasteiger partial charge in [-0.2, -0.15) is 5.10 Å². The number of aromatic nitrogens is 2. The van der Waals surface area contributed by atoms with E-state index in [-0.39, 0.29) is 6.04 Å². The van der Waals surface area contributed by atoms with Crippen LogP contribution in [0.25, 0.3) is 11.1 Å². The first-order valence-electron chi connectivity index (χ1n) is 5.45. The molecule has 1 aliphatic heterocycles. The average Bonchev–Trinajstić information content (AvgIpc) is 2.73. The molecule has 1 aromatic carbocycles. The van der Waals surface area contributed by atoms with Crippen molar-refractivity contribution in [1.82, 2.24) is 9.78 Å². The van der Waals surface area contributed by atoms with Gasteiger partial charge in [0.15, 0.2) is 0 Å². The van der Waals surface area contributed by atoms with E-state index in [1.165, 1.54) is 5.56 Å². The lowest BCUT2D eigenvalue weighted by atomic mass is 10.1. The average molecular weight is 214 g/mol. The summed E-state index contributed by atoms with van der Waals surface area (Å²) < 4.78 is 1.94. The highest BCUT2D eigenvalue weighted by Gasteiger charge is 2.19. The van der Waals surface area contributed by atoms with E-state index in [2.05, 4.69) is 22.5 Å². The molecule has 1 aromatic heterocycles. The first kappa shape index (κ1) is 9.42. The zero-order valence-corrected chi connectivity index (χ0v) is 8.93. The maximum absolute atomic E-state index is 5.87. The molecule has 16 heavy (non-hydrogen) atoms. The third-order valence-corrected chi connectivity index (χ3v) is 2.86. The normalized spacial score (nSPS) is 18.9. The Morgan fingerprint density at radius 2 is 2.12 bits per heavy atom. The van der Waals surface area contributed by atoms with Crippen LogP contribution < -0.4 is 11.1 Å². The molecular weight excluding hydrogens is 200 g/mol. The van der Waals surface area contributed by atoms with Crippen molar-refractivity contribution in [1.29, 1.82) is 0 Å². The van der Waals surface area contributed by atoms with Crippen LogP contribution in [0.15, 0.2) is 36.5 Å². The molecule has 3 N–H and O–H groups in total. The maximum atomic E-state index is 5.87. The number of anilines is 1. The van der Waals surface area contributed by atoms with Gasteiger partial charge >= 0.3 is 0 Å². The number of nitrogens with one attached hydrogen (secondary N) is 1. The lowest BCUT2D eigenvalue weighted by Gasteiger charge is -2.22. The van der Waals surface area contributed by atoms with Crippen LogP contribution in [0.4, 0.5) is 5.82 Å². The Hall–Kier alpha value is -1.81. The van der Waals surface area contributed by atoms with E-state index in [0.29, 0.717) is 0 Å². The fourth-order valence-electron chi connectivity index (χ4n) is 2.05. The Balaban J connectivity index is 2.04. The summed E-state index contributed by atoms with van der Waals surface area (Å²) in [5.74, 6) is 1.08. The van der Waals surface area contributed by atoms with Crippen LogP contribution >= 0.6 is 0 Å². The van der Waals surface area contributed by atoms with Crippen LogP contribution in [0, 0.1) is 0 Å². The number of hydrogen-bond donors (Lipinski definition) is 2. The van der Waals surface area contributed by atoms with Crippen molar-refractivity contribution in [3.05, 3.63) is 36.5 Å². The zero-order chi connectivity index (χ0) is 11.0. The van der Waals surface area contributed by atoms with E-state index in [1.54, 1.807) is 0 Å². The Labute approximate surface area is 94.1 Å². The highest BCUT2D eigenvalue weighted by atomic mass is 15.3. The molecule has 82 valence electrons. The standard InChI is InChI=1S/C12H14N4/c13-10-6-14-12-11(7-15-16(12)8-10)9-4-2-1-3-5-9/h1-5,7,10,14H,6,8,13H2. The molecule has 0 spiro atoms. The van der Waals surface area contributed by atoms with Gasteiger partial charge in [0, 0.05) is 18.2 Å². The molecule has 1 unspecified atom stereocenters. The first-order valence-corrected chi connectivity index (χ1v) is 5.45. The van der Waals surface area contributed by atoms with Gasteiger partial charge in [-0.25, -0.2) is 4.68 Å². The van der Waals surface area contributed by atoms with Crippen LogP contribution in [0.5, 0.6) is 0 Å². The molecule has 4 nitrogen and oxygen atoms in total.